The van der Waals surface area contributed by atoms with E-state index < -0.39 is 18.0 Å². The van der Waals surface area contributed by atoms with Crippen molar-refractivity contribution in [2.24, 2.45) is 5.92 Å². The molecule has 6 nitrogen and oxygen atoms in total. The summed E-state index contributed by atoms with van der Waals surface area (Å²) in [6.07, 6.45) is 1.20. The lowest BCUT2D eigenvalue weighted by Gasteiger charge is -2.11. The van der Waals surface area contributed by atoms with Gasteiger partial charge in [-0.2, -0.15) is 0 Å². The summed E-state index contributed by atoms with van der Waals surface area (Å²) < 4.78 is 10.2. The Morgan fingerprint density at radius 1 is 1.15 bits per heavy atom. The van der Waals surface area contributed by atoms with Gasteiger partial charge in [-0.3, -0.25) is 4.79 Å². The molecule has 26 heavy (non-hydrogen) atoms. The second kappa shape index (κ2) is 6.92. The number of benzene rings is 1. The molecule has 1 saturated carbocycles. The van der Waals surface area contributed by atoms with Crippen molar-refractivity contribution in [1.29, 1.82) is 0 Å². The van der Waals surface area contributed by atoms with E-state index in [2.05, 4.69) is 5.32 Å². The maximum absolute atomic E-state index is 12.8. The number of cyclic esters (lactones) is 1. The summed E-state index contributed by atoms with van der Waals surface area (Å²) >= 11 is 1.28. The maximum atomic E-state index is 12.8. The zero-order chi connectivity index (χ0) is 18.1. The summed E-state index contributed by atoms with van der Waals surface area (Å²) in [6, 6.07) is 9.40. The van der Waals surface area contributed by atoms with Crippen LogP contribution in [0.2, 0.25) is 0 Å². The summed E-state index contributed by atoms with van der Waals surface area (Å²) in [5, 5.41) is 5.12. The van der Waals surface area contributed by atoms with E-state index in [0.717, 1.165) is 18.4 Å². The van der Waals surface area contributed by atoms with E-state index >= 15 is 0 Å². The van der Waals surface area contributed by atoms with E-state index in [1.165, 1.54) is 11.3 Å². The average molecular weight is 371 g/mol. The minimum atomic E-state index is -0.891. The number of hydrogen-bond acceptors (Lipinski definition) is 6. The molecule has 1 aromatic carbocycles. The molecule has 0 unspecified atom stereocenters. The first-order chi connectivity index (χ1) is 12.6. The Balaban J connectivity index is 1.66. The standard InChI is InChI=1S/C19H17NO5S/c21-16(12-6-7-12)20-17-15(19(23)25-14-8-9-24-18(14)22)13(10-26-17)11-4-2-1-3-5-11/h1-5,10,12,14H,6-9H2,(H,20,21)/t14-/m0/s1. The lowest BCUT2D eigenvalue weighted by Crippen LogP contribution is -2.23. The number of esters is 2. The fourth-order valence-electron chi connectivity index (χ4n) is 2.81. The van der Waals surface area contributed by atoms with Crippen LogP contribution in [0, 0.1) is 5.92 Å². The average Bonchev–Trinajstić information content (AvgIpc) is 3.31. The molecule has 0 bridgehead atoms. The molecule has 0 spiro atoms. The molecule has 1 aromatic heterocycles. The first-order valence-corrected chi connectivity index (χ1v) is 9.37. The van der Waals surface area contributed by atoms with Crippen molar-refractivity contribution in [3.63, 3.8) is 0 Å². The van der Waals surface area contributed by atoms with E-state index in [4.69, 9.17) is 9.47 Å². The van der Waals surface area contributed by atoms with Gasteiger partial charge in [0.05, 0.1) is 6.61 Å². The zero-order valence-electron chi connectivity index (χ0n) is 13.9. The third-order valence-corrected chi connectivity index (χ3v) is 5.30. The number of hydrogen-bond donors (Lipinski definition) is 1. The van der Waals surface area contributed by atoms with Crippen LogP contribution < -0.4 is 5.32 Å². The molecule has 2 fully saturated rings. The molecule has 1 aliphatic heterocycles. The van der Waals surface area contributed by atoms with Gasteiger partial charge in [-0.05, 0) is 18.4 Å². The second-order valence-corrected chi connectivity index (χ2v) is 7.21. The Kier molecular flexibility index (Phi) is 4.46. The topological polar surface area (TPSA) is 81.7 Å². The van der Waals surface area contributed by atoms with Gasteiger partial charge in [0.25, 0.3) is 0 Å². The van der Waals surface area contributed by atoms with Crippen LogP contribution in [0.5, 0.6) is 0 Å². The van der Waals surface area contributed by atoms with Crippen molar-refractivity contribution in [3.8, 4) is 11.1 Å². The van der Waals surface area contributed by atoms with E-state index in [1.807, 2.05) is 35.7 Å². The van der Waals surface area contributed by atoms with E-state index in [-0.39, 0.29) is 24.0 Å². The highest BCUT2D eigenvalue weighted by molar-refractivity contribution is 7.15. The summed E-state index contributed by atoms with van der Waals surface area (Å²) in [5.41, 5.74) is 1.81. The van der Waals surface area contributed by atoms with E-state index in [9.17, 15) is 14.4 Å². The molecule has 1 aliphatic carbocycles. The van der Waals surface area contributed by atoms with Gasteiger partial charge in [0, 0.05) is 23.3 Å². The van der Waals surface area contributed by atoms with Crippen molar-refractivity contribution in [2.75, 3.05) is 11.9 Å². The lowest BCUT2D eigenvalue weighted by molar-refractivity contribution is -0.145. The van der Waals surface area contributed by atoms with Gasteiger partial charge in [0.1, 0.15) is 10.6 Å². The Morgan fingerprint density at radius 3 is 2.58 bits per heavy atom. The van der Waals surface area contributed by atoms with Gasteiger partial charge in [-0.25, -0.2) is 9.59 Å². The van der Waals surface area contributed by atoms with Gasteiger partial charge in [0.2, 0.25) is 12.0 Å². The molecule has 1 amide bonds. The highest BCUT2D eigenvalue weighted by atomic mass is 32.1. The first kappa shape index (κ1) is 16.8. The summed E-state index contributed by atoms with van der Waals surface area (Å²) in [7, 11) is 0. The third-order valence-electron chi connectivity index (χ3n) is 4.40. The molecule has 2 heterocycles. The quantitative estimate of drug-likeness (QED) is 0.816. The molecule has 4 rings (SSSR count). The molecule has 1 atom stereocenters. The van der Waals surface area contributed by atoms with E-state index in [1.54, 1.807) is 0 Å². The highest BCUT2D eigenvalue weighted by Crippen LogP contribution is 2.38. The van der Waals surface area contributed by atoms with Gasteiger partial charge >= 0.3 is 11.9 Å². The summed E-state index contributed by atoms with van der Waals surface area (Å²) in [5.74, 6) is -1.22. The Morgan fingerprint density at radius 2 is 1.92 bits per heavy atom. The minimum Gasteiger partial charge on any atom is -0.463 e. The van der Waals surface area contributed by atoms with Crippen LogP contribution in [0.3, 0.4) is 0 Å². The predicted molar refractivity (Wildman–Crippen MR) is 95.9 cm³/mol. The van der Waals surface area contributed by atoms with Crippen LogP contribution in [0.4, 0.5) is 5.00 Å². The van der Waals surface area contributed by atoms with Crippen LogP contribution in [-0.2, 0) is 19.1 Å². The van der Waals surface area contributed by atoms with E-state index in [0.29, 0.717) is 17.0 Å². The number of amides is 1. The number of carbonyl (C=O) groups excluding carboxylic acids is 3. The Hall–Kier alpha value is -2.67. The highest BCUT2D eigenvalue weighted by Gasteiger charge is 2.34. The predicted octanol–water partition coefficient (Wildman–Crippen LogP) is 3.24. The fourth-order valence-corrected chi connectivity index (χ4v) is 3.78. The smallest absolute Gasteiger partial charge is 0.347 e. The largest absolute Gasteiger partial charge is 0.463 e. The van der Waals surface area contributed by atoms with Gasteiger partial charge in [-0.1, -0.05) is 30.3 Å². The number of ether oxygens (including phenoxy) is 2. The molecule has 2 aliphatic rings. The Labute approximate surface area is 154 Å². The molecule has 1 N–H and O–H groups in total. The number of anilines is 1. The van der Waals surface area contributed by atoms with Crippen molar-refractivity contribution in [1.82, 2.24) is 0 Å². The number of rotatable bonds is 5. The van der Waals surface area contributed by atoms with Gasteiger partial charge in [0.15, 0.2) is 0 Å². The normalized spacial score (nSPS) is 19.1. The summed E-state index contributed by atoms with van der Waals surface area (Å²) in [6.45, 7) is 0.247. The summed E-state index contributed by atoms with van der Waals surface area (Å²) in [4.78, 5) is 36.6. The first-order valence-electron chi connectivity index (χ1n) is 8.49. The van der Waals surface area contributed by atoms with Crippen LogP contribution in [0.15, 0.2) is 35.7 Å². The van der Waals surface area contributed by atoms with Crippen LogP contribution in [-0.4, -0.2) is 30.6 Å². The molecule has 0 radical (unpaired) electrons. The molecular weight excluding hydrogens is 354 g/mol. The maximum Gasteiger partial charge on any atom is 0.347 e. The molecular formula is C19H17NO5S. The molecule has 7 heteroatoms. The molecule has 1 saturated heterocycles. The fraction of sp³-hybridized carbons (Fsp3) is 0.316. The van der Waals surface area contributed by atoms with Gasteiger partial charge in [-0.15, -0.1) is 11.3 Å². The number of nitrogens with one attached hydrogen (secondary N) is 1. The Bertz CT molecular complexity index is 856. The van der Waals surface area contributed by atoms with Crippen molar-refractivity contribution < 1.29 is 23.9 Å². The van der Waals surface area contributed by atoms with Crippen molar-refractivity contribution in [2.45, 2.75) is 25.4 Å². The monoisotopic (exact) mass is 371 g/mol. The third kappa shape index (κ3) is 3.35. The van der Waals surface area contributed by atoms with Crippen molar-refractivity contribution >= 4 is 34.2 Å². The van der Waals surface area contributed by atoms with Crippen LogP contribution >= 0.6 is 11.3 Å². The number of carbonyl (C=O) groups is 3. The van der Waals surface area contributed by atoms with Gasteiger partial charge < -0.3 is 14.8 Å². The second-order valence-electron chi connectivity index (χ2n) is 6.33. The van der Waals surface area contributed by atoms with Crippen LogP contribution in [0.1, 0.15) is 29.6 Å². The zero-order valence-corrected chi connectivity index (χ0v) is 14.7. The van der Waals surface area contributed by atoms with Crippen LogP contribution in [0.25, 0.3) is 11.1 Å². The molecule has 2 aromatic rings. The molecule has 134 valence electrons. The van der Waals surface area contributed by atoms with Crippen molar-refractivity contribution in [3.05, 3.63) is 41.3 Å². The SMILES string of the molecule is O=C(O[C@H]1CCOC1=O)c1c(-c2ccccc2)csc1NC(=O)C1CC1. The number of thiophene rings is 1. The lowest BCUT2D eigenvalue weighted by atomic mass is 10.0. The minimum absolute atomic E-state index is 0.0194.